The topological polar surface area (TPSA) is 41.1 Å². The maximum absolute atomic E-state index is 12.8. The minimum Gasteiger partial charge on any atom is -0.332 e. The minimum absolute atomic E-state index is 0.0376. The Morgan fingerprint density at radius 1 is 0.893 bits per heavy atom. The second-order valence-corrected chi connectivity index (χ2v) is 7.16. The first-order chi connectivity index (χ1) is 13.6. The highest BCUT2D eigenvalue weighted by Gasteiger charge is 2.14. The average molecular weight is 389 g/mol. The fourth-order valence-electron chi connectivity index (χ4n) is 2.95. The van der Waals surface area contributed by atoms with Crippen LogP contribution in [0.25, 0.3) is 0 Å². The first-order valence-electron chi connectivity index (χ1n) is 9.45. The lowest BCUT2D eigenvalue weighted by Gasteiger charge is -2.15. The number of ketones is 1. The monoisotopic (exact) mass is 388 g/mol. The first-order valence-corrected chi connectivity index (χ1v) is 9.86. The van der Waals surface area contributed by atoms with Crippen LogP contribution in [0.1, 0.15) is 47.7 Å². The normalized spacial score (nSPS) is 11.5. The van der Waals surface area contributed by atoms with Gasteiger partial charge in [0, 0.05) is 16.8 Å². The number of thiocarbonyl (C=S) groups is 1. The van der Waals surface area contributed by atoms with Crippen LogP contribution in [0.15, 0.2) is 78.9 Å². The van der Waals surface area contributed by atoms with Crippen LogP contribution in [0.2, 0.25) is 0 Å². The van der Waals surface area contributed by atoms with Gasteiger partial charge in [0.25, 0.3) is 0 Å². The van der Waals surface area contributed by atoms with E-state index in [9.17, 15) is 4.79 Å². The highest BCUT2D eigenvalue weighted by atomic mass is 32.1. The Morgan fingerprint density at radius 2 is 1.54 bits per heavy atom. The van der Waals surface area contributed by atoms with E-state index >= 15 is 0 Å². The van der Waals surface area contributed by atoms with Crippen LogP contribution in [0, 0.1) is 0 Å². The smallest absolute Gasteiger partial charge is 0.195 e. The van der Waals surface area contributed by atoms with Gasteiger partial charge in [-0.3, -0.25) is 4.79 Å². The molecule has 0 bridgehead atoms. The van der Waals surface area contributed by atoms with Crippen molar-refractivity contribution in [3.8, 4) is 0 Å². The molecule has 0 aliphatic heterocycles. The molecule has 0 heterocycles. The molecule has 0 saturated carbocycles. The lowest BCUT2D eigenvalue weighted by molar-refractivity contribution is 0.103. The number of benzene rings is 3. The van der Waals surface area contributed by atoms with Crippen molar-refractivity contribution in [3.63, 3.8) is 0 Å². The van der Waals surface area contributed by atoms with E-state index < -0.39 is 0 Å². The van der Waals surface area contributed by atoms with Gasteiger partial charge in [-0.1, -0.05) is 68.4 Å². The highest BCUT2D eigenvalue weighted by Crippen LogP contribution is 2.22. The fraction of sp³-hybridized carbons (Fsp3) is 0.167. The Morgan fingerprint density at radius 3 is 2.21 bits per heavy atom. The van der Waals surface area contributed by atoms with Crippen molar-refractivity contribution in [1.82, 2.24) is 0 Å². The lowest BCUT2D eigenvalue weighted by Crippen LogP contribution is -2.20. The summed E-state index contributed by atoms with van der Waals surface area (Å²) in [7, 11) is 0. The zero-order valence-corrected chi connectivity index (χ0v) is 16.9. The molecule has 142 valence electrons. The van der Waals surface area contributed by atoms with Gasteiger partial charge in [-0.15, -0.1) is 0 Å². The molecule has 2 N–H and O–H groups in total. The summed E-state index contributed by atoms with van der Waals surface area (Å²) in [5.41, 5.74) is 4.15. The zero-order chi connectivity index (χ0) is 19.9. The molecule has 3 aromatic carbocycles. The molecular formula is C24H24N2OS. The fourth-order valence-corrected chi connectivity index (χ4v) is 3.18. The van der Waals surface area contributed by atoms with Gasteiger partial charge in [-0.05, 0) is 54.4 Å². The molecule has 4 heteroatoms. The first kappa shape index (κ1) is 19.8. The number of nitrogens with one attached hydrogen (secondary N) is 2. The Hall–Kier alpha value is -2.98. The lowest BCUT2D eigenvalue weighted by atomic mass is 9.99. The van der Waals surface area contributed by atoms with E-state index in [1.807, 2.05) is 60.7 Å². The number of para-hydroxylation sites is 1. The summed E-state index contributed by atoms with van der Waals surface area (Å²) in [6.07, 6.45) is 1.11. The van der Waals surface area contributed by atoms with Gasteiger partial charge >= 0.3 is 0 Å². The summed E-state index contributed by atoms with van der Waals surface area (Å²) in [4.78, 5) is 12.8. The predicted molar refractivity (Wildman–Crippen MR) is 121 cm³/mol. The number of hydrogen-bond acceptors (Lipinski definition) is 2. The van der Waals surface area contributed by atoms with E-state index in [-0.39, 0.29) is 5.78 Å². The molecule has 0 saturated heterocycles. The van der Waals surface area contributed by atoms with Gasteiger partial charge in [0.2, 0.25) is 0 Å². The van der Waals surface area contributed by atoms with Crippen LogP contribution in [0.3, 0.4) is 0 Å². The molecule has 3 aromatic rings. The van der Waals surface area contributed by atoms with Gasteiger partial charge in [-0.25, -0.2) is 0 Å². The molecule has 0 amide bonds. The van der Waals surface area contributed by atoms with Gasteiger partial charge in [0.05, 0.1) is 5.69 Å². The largest absolute Gasteiger partial charge is 0.332 e. The van der Waals surface area contributed by atoms with Gasteiger partial charge < -0.3 is 10.6 Å². The van der Waals surface area contributed by atoms with Crippen molar-refractivity contribution < 1.29 is 4.79 Å². The van der Waals surface area contributed by atoms with Crippen molar-refractivity contribution in [1.29, 1.82) is 0 Å². The van der Waals surface area contributed by atoms with Crippen LogP contribution in [0.5, 0.6) is 0 Å². The third kappa shape index (κ3) is 4.84. The summed E-state index contributed by atoms with van der Waals surface area (Å²) >= 11 is 5.45. The second kappa shape index (κ2) is 9.29. The van der Waals surface area contributed by atoms with Gasteiger partial charge in [-0.2, -0.15) is 0 Å². The summed E-state index contributed by atoms with van der Waals surface area (Å²) in [5, 5.41) is 6.80. The summed E-state index contributed by atoms with van der Waals surface area (Å²) in [6.45, 7) is 4.40. The van der Waals surface area contributed by atoms with E-state index in [1.165, 1.54) is 5.56 Å². The molecule has 0 aromatic heterocycles. The van der Waals surface area contributed by atoms with Gasteiger partial charge in [0.1, 0.15) is 0 Å². The summed E-state index contributed by atoms with van der Waals surface area (Å²) < 4.78 is 0. The number of carbonyl (C=O) groups is 1. The second-order valence-electron chi connectivity index (χ2n) is 6.75. The molecule has 1 unspecified atom stereocenters. The van der Waals surface area contributed by atoms with Crippen molar-refractivity contribution in [2.45, 2.75) is 26.2 Å². The van der Waals surface area contributed by atoms with E-state index in [0.717, 1.165) is 12.1 Å². The van der Waals surface area contributed by atoms with E-state index in [0.29, 0.717) is 27.8 Å². The van der Waals surface area contributed by atoms with Crippen molar-refractivity contribution in [3.05, 3.63) is 95.6 Å². The standard InChI is InChI=1S/C24H24N2OS/c1-3-17(2)18-13-15-20(16-14-18)25-24(28)26-22-12-8-7-11-21(22)23(27)19-9-5-4-6-10-19/h4-17H,3H2,1-2H3,(H2,25,26,28). The van der Waals surface area contributed by atoms with E-state index in [2.05, 4.69) is 36.6 Å². The predicted octanol–water partition coefficient (Wildman–Crippen LogP) is 6.24. The van der Waals surface area contributed by atoms with Gasteiger partial charge in [0.15, 0.2) is 10.9 Å². The quantitative estimate of drug-likeness (QED) is 0.387. The van der Waals surface area contributed by atoms with Crippen molar-refractivity contribution in [2.75, 3.05) is 10.6 Å². The molecule has 1 atom stereocenters. The molecule has 0 radical (unpaired) electrons. The Bertz CT molecular complexity index is 952. The third-order valence-corrected chi connectivity index (χ3v) is 5.01. The van der Waals surface area contributed by atoms with Crippen molar-refractivity contribution >= 4 is 34.5 Å². The minimum atomic E-state index is -0.0376. The Labute approximate surface area is 171 Å². The molecule has 0 fully saturated rings. The molecule has 0 aliphatic rings. The number of anilines is 2. The van der Waals surface area contributed by atoms with E-state index in [1.54, 1.807) is 6.07 Å². The summed E-state index contributed by atoms with van der Waals surface area (Å²) in [6, 6.07) is 24.9. The van der Waals surface area contributed by atoms with Crippen LogP contribution < -0.4 is 10.6 Å². The highest BCUT2D eigenvalue weighted by molar-refractivity contribution is 7.80. The molecule has 28 heavy (non-hydrogen) atoms. The van der Waals surface area contributed by atoms with Crippen LogP contribution in [0.4, 0.5) is 11.4 Å². The molecule has 0 aliphatic carbocycles. The van der Waals surface area contributed by atoms with Crippen molar-refractivity contribution in [2.24, 2.45) is 0 Å². The van der Waals surface area contributed by atoms with Crippen LogP contribution in [-0.4, -0.2) is 10.9 Å². The summed E-state index contributed by atoms with van der Waals surface area (Å²) in [5.74, 6) is 0.499. The third-order valence-electron chi connectivity index (χ3n) is 4.81. The Balaban J connectivity index is 1.72. The molecule has 3 rings (SSSR count). The number of hydrogen-bond donors (Lipinski definition) is 2. The number of rotatable bonds is 6. The molecule has 0 spiro atoms. The maximum Gasteiger partial charge on any atom is 0.195 e. The van der Waals surface area contributed by atoms with Crippen LogP contribution in [-0.2, 0) is 0 Å². The van der Waals surface area contributed by atoms with Crippen LogP contribution >= 0.6 is 12.2 Å². The van der Waals surface area contributed by atoms with E-state index in [4.69, 9.17) is 12.2 Å². The average Bonchev–Trinajstić information content (AvgIpc) is 2.74. The Kier molecular flexibility index (Phi) is 6.56. The SMILES string of the molecule is CCC(C)c1ccc(NC(=S)Nc2ccccc2C(=O)c2ccccc2)cc1. The number of carbonyl (C=O) groups excluding carboxylic acids is 1. The maximum atomic E-state index is 12.8. The molecule has 3 nitrogen and oxygen atoms in total. The zero-order valence-electron chi connectivity index (χ0n) is 16.1. The molecular weight excluding hydrogens is 364 g/mol.